The van der Waals surface area contributed by atoms with Crippen LogP contribution in [-0.4, -0.2) is 24.9 Å². The lowest BCUT2D eigenvalue weighted by atomic mass is 9.75. The number of benzene rings is 3. The van der Waals surface area contributed by atoms with Crippen molar-refractivity contribution in [3.05, 3.63) is 101 Å². The molecule has 6 nitrogen and oxygen atoms in total. The number of hydrogen-bond acceptors (Lipinski definition) is 5. The fourth-order valence-corrected chi connectivity index (χ4v) is 5.39. The molecule has 0 bridgehead atoms. The predicted molar refractivity (Wildman–Crippen MR) is 123 cm³/mol. The molecular formula is C27H23FN2O4. The average molecular weight is 458 g/mol. The number of methoxy groups -OCH3 is 1. The first-order chi connectivity index (χ1) is 16.4. The number of nitrogens with one attached hydrogen (secondary N) is 1. The van der Waals surface area contributed by atoms with Crippen LogP contribution in [0, 0.1) is 24.6 Å². The van der Waals surface area contributed by atoms with Gasteiger partial charge in [-0.3, -0.25) is 14.9 Å². The van der Waals surface area contributed by atoms with Crippen LogP contribution in [0.3, 0.4) is 0 Å². The topological polar surface area (TPSA) is 75.7 Å². The molecule has 3 aromatic carbocycles. The van der Waals surface area contributed by atoms with Crippen molar-refractivity contribution in [2.24, 2.45) is 11.8 Å². The molecule has 0 radical (unpaired) electrons. The van der Waals surface area contributed by atoms with Crippen molar-refractivity contribution in [1.29, 1.82) is 0 Å². The van der Waals surface area contributed by atoms with E-state index < -0.39 is 47.0 Å². The number of aryl methyl sites for hydroxylation is 1. The first-order valence-corrected chi connectivity index (χ1v) is 11.0. The molecule has 2 heterocycles. The molecule has 34 heavy (non-hydrogen) atoms. The number of hydrogen-bond donors (Lipinski definition) is 1. The van der Waals surface area contributed by atoms with Crippen LogP contribution >= 0.6 is 0 Å². The van der Waals surface area contributed by atoms with Crippen LogP contribution in [0.25, 0.3) is 0 Å². The van der Waals surface area contributed by atoms with Gasteiger partial charge in [0.25, 0.3) is 0 Å². The van der Waals surface area contributed by atoms with Gasteiger partial charge in [0.2, 0.25) is 11.8 Å². The third-order valence-electron chi connectivity index (χ3n) is 6.90. The average Bonchev–Trinajstić information content (AvgIpc) is 3.34. The summed E-state index contributed by atoms with van der Waals surface area (Å²) in [5, 5.41) is 3.37. The van der Waals surface area contributed by atoms with Crippen LogP contribution in [0.15, 0.2) is 78.9 Å². The standard InChI is InChI=1S/C27H23FN2O4/c1-16-8-6-7-11-20(16)23-21-22(25(32)30(24(21)31)19-14-12-18(28)13-15-19)27(29-23,26(33)34-2)17-9-4-3-5-10-17/h3-15,21-23,29H,1-2H3/t21-,22+,23+,27+/m0/s1. The molecule has 0 aromatic heterocycles. The molecule has 2 aliphatic heterocycles. The Morgan fingerprint density at radius 1 is 0.941 bits per heavy atom. The van der Waals surface area contributed by atoms with E-state index in [1.165, 1.54) is 31.4 Å². The van der Waals surface area contributed by atoms with Gasteiger partial charge in [0.1, 0.15) is 5.82 Å². The Hall–Kier alpha value is -3.84. The number of amides is 2. The van der Waals surface area contributed by atoms with E-state index in [0.29, 0.717) is 5.56 Å². The zero-order valence-corrected chi connectivity index (χ0v) is 18.7. The van der Waals surface area contributed by atoms with Gasteiger partial charge in [-0.15, -0.1) is 0 Å². The minimum Gasteiger partial charge on any atom is -0.467 e. The fourth-order valence-electron chi connectivity index (χ4n) is 5.39. The molecule has 7 heteroatoms. The minimum atomic E-state index is -1.57. The lowest BCUT2D eigenvalue weighted by Gasteiger charge is -2.33. The normalized spacial score (nSPS) is 26.0. The number of carbonyl (C=O) groups is 3. The summed E-state index contributed by atoms with van der Waals surface area (Å²) in [7, 11) is 1.27. The summed E-state index contributed by atoms with van der Waals surface area (Å²) in [6.45, 7) is 1.92. The Balaban J connectivity index is 1.74. The van der Waals surface area contributed by atoms with E-state index in [1.807, 2.05) is 37.3 Å². The van der Waals surface area contributed by atoms with Crippen LogP contribution in [-0.2, 0) is 24.7 Å². The van der Waals surface area contributed by atoms with Gasteiger partial charge in [0.05, 0.1) is 24.6 Å². The largest absolute Gasteiger partial charge is 0.467 e. The molecule has 0 saturated carbocycles. The van der Waals surface area contributed by atoms with E-state index in [1.54, 1.807) is 24.3 Å². The molecule has 0 unspecified atom stereocenters. The van der Waals surface area contributed by atoms with E-state index in [2.05, 4.69) is 5.32 Å². The second-order valence-electron chi connectivity index (χ2n) is 8.64. The number of halogens is 1. The predicted octanol–water partition coefficient (Wildman–Crippen LogP) is 3.65. The Labute approximate surface area is 196 Å². The minimum absolute atomic E-state index is 0.265. The van der Waals surface area contributed by atoms with Crippen LogP contribution in [0.1, 0.15) is 22.7 Å². The van der Waals surface area contributed by atoms with Crippen molar-refractivity contribution < 1.29 is 23.5 Å². The van der Waals surface area contributed by atoms with Crippen LogP contribution in [0.4, 0.5) is 10.1 Å². The van der Waals surface area contributed by atoms with E-state index in [0.717, 1.165) is 16.0 Å². The highest BCUT2D eigenvalue weighted by molar-refractivity contribution is 6.24. The molecule has 3 aromatic rings. The van der Waals surface area contributed by atoms with Crippen molar-refractivity contribution in [2.75, 3.05) is 12.0 Å². The Morgan fingerprint density at radius 2 is 1.59 bits per heavy atom. The summed E-state index contributed by atoms with van der Waals surface area (Å²) < 4.78 is 18.8. The number of fused-ring (bicyclic) bond motifs is 1. The van der Waals surface area contributed by atoms with Crippen LogP contribution in [0.5, 0.6) is 0 Å². The summed E-state index contributed by atoms with van der Waals surface area (Å²) in [6.07, 6.45) is 0. The summed E-state index contributed by atoms with van der Waals surface area (Å²) in [4.78, 5) is 42.3. The summed E-state index contributed by atoms with van der Waals surface area (Å²) in [6, 6.07) is 21.0. The molecule has 2 aliphatic rings. The number of carbonyl (C=O) groups excluding carboxylic acids is 3. The zero-order valence-electron chi connectivity index (χ0n) is 18.7. The maximum absolute atomic E-state index is 13.9. The summed E-state index contributed by atoms with van der Waals surface area (Å²) >= 11 is 0. The van der Waals surface area contributed by atoms with Crippen LogP contribution < -0.4 is 10.2 Å². The molecular weight excluding hydrogens is 435 g/mol. The van der Waals surface area contributed by atoms with Gasteiger partial charge >= 0.3 is 5.97 Å². The van der Waals surface area contributed by atoms with E-state index in [9.17, 15) is 18.8 Å². The van der Waals surface area contributed by atoms with E-state index in [-0.39, 0.29) is 5.69 Å². The molecule has 2 fully saturated rings. The number of rotatable bonds is 4. The molecule has 2 amide bonds. The number of anilines is 1. The molecule has 0 aliphatic carbocycles. The van der Waals surface area contributed by atoms with Crippen molar-refractivity contribution in [3.63, 3.8) is 0 Å². The number of esters is 1. The van der Waals surface area contributed by atoms with Gasteiger partial charge in [-0.25, -0.2) is 14.1 Å². The smallest absolute Gasteiger partial charge is 0.331 e. The molecule has 4 atom stereocenters. The Kier molecular flexibility index (Phi) is 5.29. The lowest BCUT2D eigenvalue weighted by Crippen LogP contribution is -2.53. The molecule has 1 N–H and O–H groups in total. The fraction of sp³-hybridized carbons (Fsp3) is 0.222. The first kappa shape index (κ1) is 22.0. The van der Waals surface area contributed by atoms with Crippen molar-refractivity contribution in [3.8, 4) is 0 Å². The lowest BCUT2D eigenvalue weighted by molar-refractivity contribution is -0.152. The van der Waals surface area contributed by atoms with Gasteiger partial charge in [-0.1, -0.05) is 54.6 Å². The maximum Gasteiger partial charge on any atom is 0.331 e. The third kappa shape index (κ3) is 3.08. The summed E-state index contributed by atoms with van der Waals surface area (Å²) in [5.74, 6) is -4.01. The highest BCUT2D eigenvalue weighted by Crippen LogP contribution is 2.54. The Morgan fingerprint density at radius 3 is 2.24 bits per heavy atom. The second-order valence-corrected chi connectivity index (χ2v) is 8.64. The molecule has 5 rings (SSSR count). The first-order valence-electron chi connectivity index (χ1n) is 11.0. The van der Waals surface area contributed by atoms with Gasteiger partial charge < -0.3 is 4.74 Å². The van der Waals surface area contributed by atoms with Gasteiger partial charge in [-0.05, 0) is 47.9 Å². The van der Waals surface area contributed by atoms with Gasteiger partial charge in [0, 0.05) is 6.04 Å². The number of ether oxygens (including phenoxy) is 1. The van der Waals surface area contributed by atoms with Crippen LogP contribution in [0.2, 0.25) is 0 Å². The zero-order chi connectivity index (χ0) is 24.0. The monoisotopic (exact) mass is 458 g/mol. The van der Waals surface area contributed by atoms with Gasteiger partial charge in [0.15, 0.2) is 5.54 Å². The van der Waals surface area contributed by atoms with Crippen molar-refractivity contribution in [1.82, 2.24) is 5.32 Å². The number of nitrogens with zero attached hydrogens (tertiary/aromatic N) is 1. The number of imide groups is 1. The van der Waals surface area contributed by atoms with E-state index >= 15 is 0 Å². The maximum atomic E-state index is 13.9. The third-order valence-corrected chi connectivity index (χ3v) is 6.90. The molecule has 172 valence electrons. The Bertz CT molecular complexity index is 1280. The molecule has 2 saturated heterocycles. The van der Waals surface area contributed by atoms with Gasteiger partial charge in [-0.2, -0.15) is 0 Å². The molecule has 0 spiro atoms. The van der Waals surface area contributed by atoms with Crippen molar-refractivity contribution >= 4 is 23.5 Å². The summed E-state index contributed by atoms with van der Waals surface area (Å²) in [5.41, 5.74) is 0.972. The van der Waals surface area contributed by atoms with Crippen molar-refractivity contribution in [2.45, 2.75) is 18.5 Å². The highest BCUT2D eigenvalue weighted by atomic mass is 19.1. The highest BCUT2D eigenvalue weighted by Gasteiger charge is 2.69. The quantitative estimate of drug-likeness (QED) is 0.477. The SMILES string of the molecule is COC(=O)[C@]1(c2ccccc2)N[C@H](c2ccccc2C)[C@H]2C(=O)N(c3ccc(F)cc3)C(=O)[C@@H]21. The second kappa shape index (κ2) is 8.18. The van der Waals surface area contributed by atoms with E-state index in [4.69, 9.17) is 4.74 Å².